The largest absolute Gasteiger partial charge is 0.497 e. The first-order valence-electron chi connectivity index (χ1n) is 9.72. The lowest BCUT2D eigenvalue weighted by Crippen LogP contribution is -2.17. The smallest absolute Gasteiger partial charge is 0.343 e. The molecule has 3 aromatic carbocycles. The lowest BCUT2D eigenvalue weighted by Gasteiger charge is -2.09. The summed E-state index contributed by atoms with van der Waals surface area (Å²) in [5.41, 5.74) is 3.74. The Balaban J connectivity index is 1.71. The molecule has 0 aliphatic carbocycles. The van der Waals surface area contributed by atoms with Crippen molar-refractivity contribution in [2.75, 3.05) is 13.7 Å². The Morgan fingerprint density at radius 3 is 2.50 bits per heavy atom. The van der Waals surface area contributed by atoms with Crippen LogP contribution in [-0.2, 0) is 0 Å². The number of hydrazone groups is 1. The lowest BCUT2D eigenvalue weighted by atomic mass is 10.2. The highest BCUT2D eigenvalue weighted by atomic mass is 79.9. The second kappa shape index (κ2) is 11.1. The monoisotopic (exact) mass is 496 g/mol. The van der Waals surface area contributed by atoms with Crippen LogP contribution in [0.2, 0.25) is 0 Å². The molecule has 7 nitrogen and oxygen atoms in total. The van der Waals surface area contributed by atoms with Crippen LogP contribution in [0, 0.1) is 0 Å². The topological polar surface area (TPSA) is 86.2 Å². The van der Waals surface area contributed by atoms with E-state index in [9.17, 15) is 9.59 Å². The van der Waals surface area contributed by atoms with Gasteiger partial charge in [-0.05, 0) is 67.6 Å². The van der Waals surface area contributed by atoms with Crippen LogP contribution in [0.15, 0.2) is 76.3 Å². The molecule has 0 spiro atoms. The number of esters is 1. The number of hydrogen-bond donors (Lipinski definition) is 1. The van der Waals surface area contributed by atoms with E-state index < -0.39 is 11.9 Å². The molecule has 0 atom stereocenters. The molecule has 0 aliphatic rings. The van der Waals surface area contributed by atoms with Gasteiger partial charge in [0.1, 0.15) is 17.2 Å². The predicted molar refractivity (Wildman–Crippen MR) is 125 cm³/mol. The van der Waals surface area contributed by atoms with Crippen LogP contribution >= 0.6 is 15.9 Å². The zero-order chi connectivity index (χ0) is 22.9. The van der Waals surface area contributed by atoms with Crippen LogP contribution in [0.3, 0.4) is 0 Å². The number of carbonyl (C=O) groups excluding carboxylic acids is 2. The quantitative estimate of drug-likeness (QED) is 0.208. The summed E-state index contributed by atoms with van der Waals surface area (Å²) >= 11 is 3.39. The van der Waals surface area contributed by atoms with Crippen molar-refractivity contribution >= 4 is 34.0 Å². The van der Waals surface area contributed by atoms with Gasteiger partial charge in [-0.2, -0.15) is 5.10 Å². The number of amides is 1. The molecule has 8 heteroatoms. The van der Waals surface area contributed by atoms with E-state index in [-0.39, 0.29) is 0 Å². The van der Waals surface area contributed by atoms with Crippen LogP contribution in [0.5, 0.6) is 17.2 Å². The number of carbonyl (C=O) groups is 2. The van der Waals surface area contributed by atoms with Gasteiger partial charge in [-0.25, -0.2) is 10.2 Å². The third kappa shape index (κ3) is 6.18. The van der Waals surface area contributed by atoms with Crippen LogP contribution in [0.25, 0.3) is 0 Å². The second-order valence-electron chi connectivity index (χ2n) is 6.46. The average Bonchev–Trinajstić information content (AvgIpc) is 2.81. The molecule has 0 unspecified atom stereocenters. The Morgan fingerprint density at radius 2 is 1.78 bits per heavy atom. The number of rotatable bonds is 8. The Kier molecular flexibility index (Phi) is 7.99. The summed E-state index contributed by atoms with van der Waals surface area (Å²) in [4.78, 5) is 24.9. The minimum absolute atomic E-state index is 0.298. The summed E-state index contributed by atoms with van der Waals surface area (Å²) in [6, 6.07) is 18.5. The Labute approximate surface area is 194 Å². The maximum absolute atomic E-state index is 12.5. The van der Waals surface area contributed by atoms with Crippen molar-refractivity contribution in [2.24, 2.45) is 5.10 Å². The Hall–Kier alpha value is -3.65. The SMILES string of the molecule is CCOc1ccc(C(=O)Oc2ccc(Br)cc2/C=N\NC(=O)c2cccc(OC)c2)cc1. The molecule has 0 saturated carbocycles. The number of nitrogens with one attached hydrogen (secondary N) is 1. The molecule has 0 aromatic heterocycles. The molecule has 3 aromatic rings. The highest BCUT2D eigenvalue weighted by Crippen LogP contribution is 2.23. The molecular weight excluding hydrogens is 476 g/mol. The van der Waals surface area contributed by atoms with Crippen LogP contribution in [-0.4, -0.2) is 31.8 Å². The lowest BCUT2D eigenvalue weighted by molar-refractivity contribution is 0.0734. The van der Waals surface area contributed by atoms with Gasteiger partial charge >= 0.3 is 5.97 Å². The molecule has 0 heterocycles. The molecule has 32 heavy (non-hydrogen) atoms. The minimum atomic E-state index is -0.523. The standard InChI is InChI=1S/C24H21BrN2O5/c1-3-31-20-10-7-16(8-11-20)24(29)32-22-12-9-19(25)13-18(22)15-26-27-23(28)17-5-4-6-21(14-17)30-2/h4-15H,3H2,1-2H3,(H,27,28)/b26-15-. The fraction of sp³-hybridized carbons (Fsp3) is 0.125. The maximum Gasteiger partial charge on any atom is 0.343 e. The van der Waals surface area contributed by atoms with Crippen molar-refractivity contribution in [2.45, 2.75) is 6.92 Å². The average molecular weight is 497 g/mol. The van der Waals surface area contributed by atoms with E-state index in [2.05, 4.69) is 26.5 Å². The van der Waals surface area contributed by atoms with Crippen molar-refractivity contribution in [1.29, 1.82) is 0 Å². The minimum Gasteiger partial charge on any atom is -0.497 e. The van der Waals surface area contributed by atoms with Crippen LogP contribution < -0.4 is 19.6 Å². The van der Waals surface area contributed by atoms with Gasteiger partial charge in [0.15, 0.2) is 0 Å². The maximum atomic E-state index is 12.5. The van der Waals surface area contributed by atoms with Gasteiger partial charge in [0, 0.05) is 15.6 Å². The summed E-state index contributed by atoms with van der Waals surface area (Å²) in [6.07, 6.45) is 1.41. The number of halogens is 1. The van der Waals surface area contributed by atoms with E-state index in [4.69, 9.17) is 14.2 Å². The van der Waals surface area contributed by atoms with Crippen LogP contribution in [0.4, 0.5) is 0 Å². The molecule has 164 valence electrons. The highest BCUT2D eigenvalue weighted by Gasteiger charge is 2.12. The molecule has 1 N–H and O–H groups in total. The van der Waals surface area contributed by atoms with E-state index in [0.717, 1.165) is 4.47 Å². The zero-order valence-corrected chi connectivity index (χ0v) is 19.1. The molecule has 0 bridgehead atoms. The third-order valence-corrected chi connectivity index (χ3v) is 4.77. The highest BCUT2D eigenvalue weighted by molar-refractivity contribution is 9.10. The third-order valence-electron chi connectivity index (χ3n) is 4.28. The fourth-order valence-corrected chi connectivity index (χ4v) is 3.09. The van der Waals surface area contributed by atoms with E-state index in [0.29, 0.717) is 40.5 Å². The number of benzene rings is 3. The van der Waals surface area contributed by atoms with Gasteiger partial charge in [0.2, 0.25) is 0 Å². The molecule has 0 fully saturated rings. The Bertz CT molecular complexity index is 1130. The molecule has 1 amide bonds. The summed E-state index contributed by atoms with van der Waals surface area (Å²) in [7, 11) is 1.53. The van der Waals surface area contributed by atoms with Crippen molar-refractivity contribution in [3.05, 3.63) is 87.9 Å². The number of hydrogen-bond acceptors (Lipinski definition) is 6. The molecule has 0 aliphatic heterocycles. The van der Waals surface area contributed by atoms with Gasteiger partial charge < -0.3 is 14.2 Å². The number of nitrogens with zero attached hydrogens (tertiary/aromatic N) is 1. The Morgan fingerprint density at radius 1 is 1.00 bits per heavy atom. The molecular formula is C24H21BrN2O5. The van der Waals surface area contributed by atoms with Gasteiger partial charge in [-0.3, -0.25) is 4.79 Å². The molecule has 0 radical (unpaired) electrons. The number of ether oxygens (including phenoxy) is 3. The molecule has 3 rings (SSSR count). The van der Waals surface area contributed by atoms with E-state index in [1.54, 1.807) is 66.7 Å². The predicted octanol–water partition coefficient (Wildman–Crippen LogP) is 4.84. The summed E-state index contributed by atoms with van der Waals surface area (Å²) in [5, 5.41) is 3.99. The van der Waals surface area contributed by atoms with Gasteiger partial charge in [0.25, 0.3) is 5.91 Å². The first kappa shape index (κ1) is 23.0. The molecule has 0 saturated heterocycles. The number of methoxy groups -OCH3 is 1. The van der Waals surface area contributed by atoms with Crippen molar-refractivity contribution in [1.82, 2.24) is 5.43 Å². The first-order valence-corrected chi connectivity index (χ1v) is 10.5. The zero-order valence-electron chi connectivity index (χ0n) is 17.5. The van der Waals surface area contributed by atoms with E-state index >= 15 is 0 Å². The van der Waals surface area contributed by atoms with Crippen molar-refractivity contribution in [3.8, 4) is 17.2 Å². The van der Waals surface area contributed by atoms with Gasteiger partial charge in [-0.15, -0.1) is 0 Å². The first-order chi connectivity index (χ1) is 15.5. The van der Waals surface area contributed by atoms with Gasteiger partial charge in [0.05, 0.1) is 25.5 Å². The summed E-state index contributed by atoms with van der Waals surface area (Å²) < 4.78 is 16.8. The fourth-order valence-electron chi connectivity index (χ4n) is 2.72. The van der Waals surface area contributed by atoms with Gasteiger partial charge in [-0.1, -0.05) is 22.0 Å². The van der Waals surface area contributed by atoms with E-state index in [1.165, 1.54) is 13.3 Å². The summed E-state index contributed by atoms with van der Waals surface area (Å²) in [5.74, 6) is 0.615. The van der Waals surface area contributed by atoms with Crippen molar-refractivity contribution < 1.29 is 23.8 Å². The second-order valence-corrected chi connectivity index (χ2v) is 7.38. The van der Waals surface area contributed by atoms with Crippen LogP contribution in [0.1, 0.15) is 33.2 Å². The normalized spacial score (nSPS) is 10.6. The summed E-state index contributed by atoms with van der Waals surface area (Å²) in [6.45, 7) is 2.43. The van der Waals surface area contributed by atoms with E-state index in [1.807, 2.05) is 6.92 Å². The van der Waals surface area contributed by atoms with Crippen molar-refractivity contribution in [3.63, 3.8) is 0 Å².